The molecule has 0 radical (unpaired) electrons. The minimum absolute atomic E-state index is 0.670. The summed E-state index contributed by atoms with van der Waals surface area (Å²) in [5, 5.41) is 1.43. The zero-order valence-corrected chi connectivity index (χ0v) is 21.8. The summed E-state index contributed by atoms with van der Waals surface area (Å²) < 4.78 is 6.28. The molecule has 0 saturated heterocycles. The van der Waals surface area contributed by atoms with E-state index in [0.29, 0.717) is 27.7 Å². The number of hydrogen-bond donors (Lipinski definition) is 1. The van der Waals surface area contributed by atoms with Crippen molar-refractivity contribution in [3.8, 4) is 0 Å². The van der Waals surface area contributed by atoms with Crippen LogP contribution in [0.5, 0.6) is 0 Å². The molecule has 9 heteroatoms. The molecule has 0 aliphatic carbocycles. The van der Waals surface area contributed by atoms with E-state index >= 15 is 0 Å². The highest BCUT2D eigenvalue weighted by molar-refractivity contribution is 9.10. The van der Waals surface area contributed by atoms with Gasteiger partial charge in [0.25, 0.3) is 0 Å². The molecule has 154 valence electrons. The smallest absolute Gasteiger partial charge is 0.290 e. The molecule has 0 saturated carbocycles. The van der Waals surface area contributed by atoms with Crippen molar-refractivity contribution in [2.24, 2.45) is 0 Å². The Labute approximate surface area is 210 Å². The second-order valence-corrected chi connectivity index (χ2v) is 11.0. The minimum atomic E-state index is 0.670. The third-order valence-electron chi connectivity index (χ3n) is 4.50. The molecule has 0 aliphatic heterocycles. The second-order valence-electron chi connectivity index (χ2n) is 6.40. The molecule has 3 aromatic carbocycles. The lowest BCUT2D eigenvalue weighted by atomic mass is 10.3. The SMILES string of the molecule is Nc1n(CSc2cc(Cl)ccc2Br)c2ccccc2[n+]1CSc1cc(Cl)ccc1Br. The molecule has 0 unspecified atom stereocenters. The van der Waals surface area contributed by atoms with E-state index in [1.807, 2.05) is 48.5 Å². The van der Waals surface area contributed by atoms with Crippen LogP contribution in [0.15, 0.2) is 79.4 Å². The minimum Gasteiger partial charge on any atom is -0.290 e. The highest BCUT2D eigenvalue weighted by Gasteiger charge is 2.21. The van der Waals surface area contributed by atoms with Crippen molar-refractivity contribution in [3.63, 3.8) is 0 Å². The van der Waals surface area contributed by atoms with Gasteiger partial charge in [-0.1, -0.05) is 58.9 Å². The van der Waals surface area contributed by atoms with E-state index in [1.165, 1.54) is 0 Å². The molecule has 4 aromatic rings. The van der Waals surface area contributed by atoms with Crippen LogP contribution in [0.4, 0.5) is 5.95 Å². The van der Waals surface area contributed by atoms with E-state index in [9.17, 15) is 0 Å². The number of fused-ring (bicyclic) bond motifs is 1. The zero-order valence-electron chi connectivity index (χ0n) is 15.5. The predicted molar refractivity (Wildman–Crippen MR) is 137 cm³/mol. The van der Waals surface area contributed by atoms with Gasteiger partial charge in [-0.3, -0.25) is 5.73 Å². The van der Waals surface area contributed by atoms with E-state index in [-0.39, 0.29) is 0 Å². The molecule has 0 fully saturated rings. The summed E-state index contributed by atoms with van der Waals surface area (Å²) >= 11 is 22.9. The number of thioether (sulfide) groups is 2. The van der Waals surface area contributed by atoms with Gasteiger partial charge in [-0.25, -0.2) is 9.13 Å². The van der Waals surface area contributed by atoms with Crippen molar-refractivity contribution in [2.75, 3.05) is 5.73 Å². The number of aromatic nitrogens is 2. The first kappa shape index (κ1) is 22.4. The number of imidazole rings is 1. The fourth-order valence-electron chi connectivity index (χ4n) is 3.03. The van der Waals surface area contributed by atoms with Crippen LogP contribution in [0, 0.1) is 0 Å². The number of halogens is 4. The Kier molecular flexibility index (Phi) is 7.27. The number of benzene rings is 3. The standard InChI is InChI=1S/C21H15Br2Cl2N3S2/c22-15-7-5-13(24)9-19(15)29-11-27-17-3-1-2-4-18(17)28(21(27)26)12-30-20-10-14(25)6-8-16(20)23/h1-10,26H,11-12H2/p+1. The third kappa shape index (κ3) is 4.81. The Balaban J connectivity index is 1.64. The summed E-state index contributed by atoms with van der Waals surface area (Å²) in [5.41, 5.74) is 8.78. The van der Waals surface area contributed by atoms with E-state index in [2.05, 4.69) is 53.1 Å². The molecule has 0 bridgehead atoms. The molecule has 1 heterocycles. The van der Waals surface area contributed by atoms with E-state index in [4.69, 9.17) is 28.9 Å². The molecule has 0 atom stereocenters. The molecule has 2 N–H and O–H groups in total. The molecule has 30 heavy (non-hydrogen) atoms. The molecular formula is C21H16Br2Cl2N3S2+. The summed E-state index contributed by atoms with van der Waals surface area (Å²) in [7, 11) is 0. The zero-order chi connectivity index (χ0) is 21.3. The number of hydrogen-bond acceptors (Lipinski definition) is 3. The topological polar surface area (TPSA) is 34.8 Å². The fraction of sp³-hybridized carbons (Fsp3) is 0.0952. The maximum absolute atomic E-state index is 6.60. The van der Waals surface area contributed by atoms with Crippen molar-refractivity contribution in [1.29, 1.82) is 0 Å². The molecular weight excluding hydrogens is 589 g/mol. The van der Waals surface area contributed by atoms with Gasteiger partial charge in [0.2, 0.25) is 0 Å². The average molecular weight is 605 g/mol. The molecule has 0 aliphatic rings. The number of nitrogens with zero attached hydrogens (tertiary/aromatic N) is 2. The first-order valence-corrected chi connectivity index (χ1v) is 13.2. The van der Waals surface area contributed by atoms with Crippen molar-refractivity contribution in [3.05, 3.63) is 79.7 Å². The van der Waals surface area contributed by atoms with E-state index in [0.717, 1.165) is 29.8 Å². The first-order chi connectivity index (χ1) is 14.4. The quantitative estimate of drug-likeness (QED) is 0.180. The van der Waals surface area contributed by atoms with Gasteiger partial charge in [-0.2, -0.15) is 0 Å². The number of rotatable bonds is 6. The Bertz CT molecular complexity index is 1140. The van der Waals surface area contributed by atoms with Gasteiger partial charge in [-0.15, -0.1) is 0 Å². The van der Waals surface area contributed by atoms with Crippen LogP contribution in [0.25, 0.3) is 11.0 Å². The summed E-state index contributed by atoms with van der Waals surface area (Å²) in [4.78, 5) is 2.15. The van der Waals surface area contributed by atoms with Crippen LogP contribution in [0.3, 0.4) is 0 Å². The van der Waals surface area contributed by atoms with Crippen molar-refractivity contribution in [2.45, 2.75) is 21.5 Å². The van der Waals surface area contributed by atoms with Crippen molar-refractivity contribution in [1.82, 2.24) is 4.57 Å². The predicted octanol–water partition coefficient (Wildman–Crippen LogP) is 7.84. The second kappa shape index (κ2) is 9.76. The summed E-state index contributed by atoms with van der Waals surface area (Å²) in [6, 6.07) is 19.8. The lowest BCUT2D eigenvalue weighted by Gasteiger charge is -2.06. The van der Waals surface area contributed by atoms with Crippen LogP contribution in [0.2, 0.25) is 10.0 Å². The van der Waals surface area contributed by atoms with Crippen LogP contribution in [0.1, 0.15) is 0 Å². The van der Waals surface area contributed by atoms with Gasteiger partial charge in [0.15, 0.2) is 0 Å². The van der Waals surface area contributed by atoms with E-state index < -0.39 is 0 Å². The van der Waals surface area contributed by atoms with Crippen LogP contribution in [-0.4, -0.2) is 4.57 Å². The van der Waals surface area contributed by atoms with Gasteiger partial charge >= 0.3 is 5.95 Å². The Morgan fingerprint density at radius 3 is 2.13 bits per heavy atom. The Hall–Kier alpha value is -0.830. The fourth-order valence-corrected chi connectivity index (χ4v) is 6.59. The van der Waals surface area contributed by atoms with Gasteiger partial charge in [-0.05, 0) is 80.4 Å². The lowest BCUT2D eigenvalue weighted by molar-refractivity contribution is -0.635. The monoisotopic (exact) mass is 602 g/mol. The van der Waals surface area contributed by atoms with Crippen molar-refractivity contribution >= 4 is 95.6 Å². The largest absolute Gasteiger partial charge is 0.357 e. The van der Waals surface area contributed by atoms with Gasteiger partial charge in [0.1, 0.15) is 22.8 Å². The number of nitrogens with two attached hydrogens (primary N) is 1. The van der Waals surface area contributed by atoms with Crippen LogP contribution in [-0.2, 0) is 11.8 Å². The highest BCUT2D eigenvalue weighted by Crippen LogP contribution is 2.34. The Morgan fingerprint density at radius 2 is 1.47 bits per heavy atom. The summed E-state index contributed by atoms with van der Waals surface area (Å²) in [5.74, 6) is 2.04. The summed E-state index contributed by atoms with van der Waals surface area (Å²) in [6.45, 7) is 0. The number of anilines is 1. The van der Waals surface area contributed by atoms with Crippen LogP contribution < -0.4 is 10.3 Å². The van der Waals surface area contributed by atoms with Crippen molar-refractivity contribution < 1.29 is 4.57 Å². The molecule has 0 spiro atoms. The number of para-hydroxylation sites is 2. The van der Waals surface area contributed by atoms with Gasteiger partial charge < -0.3 is 0 Å². The third-order valence-corrected chi connectivity index (χ3v) is 8.95. The lowest BCUT2D eigenvalue weighted by Crippen LogP contribution is -2.35. The molecule has 1 aromatic heterocycles. The van der Waals surface area contributed by atoms with Gasteiger partial charge in [0, 0.05) is 28.8 Å². The molecule has 3 nitrogen and oxygen atoms in total. The normalized spacial score (nSPS) is 11.3. The van der Waals surface area contributed by atoms with E-state index in [1.54, 1.807) is 23.5 Å². The highest BCUT2D eigenvalue weighted by atomic mass is 79.9. The summed E-state index contributed by atoms with van der Waals surface area (Å²) in [6.07, 6.45) is 0. The number of nitrogen functional groups attached to an aromatic ring is 1. The molecule has 0 amide bonds. The average Bonchev–Trinajstić information content (AvgIpc) is 3.00. The van der Waals surface area contributed by atoms with Crippen LogP contribution >= 0.6 is 78.6 Å². The first-order valence-electron chi connectivity index (χ1n) is 8.86. The maximum atomic E-state index is 6.60. The maximum Gasteiger partial charge on any atom is 0.357 e. The Morgan fingerprint density at radius 1 is 0.867 bits per heavy atom. The van der Waals surface area contributed by atoms with Gasteiger partial charge in [0.05, 0.1) is 0 Å². The molecule has 4 rings (SSSR count).